The normalized spacial score (nSPS) is 16.6. The molecule has 0 aromatic heterocycles. The van der Waals surface area contributed by atoms with Gasteiger partial charge in [-0.25, -0.2) is 13.1 Å². The number of aryl methyl sites for hydroxylation is 1. The maximum Gasteiger partial charge on any atom is 0.240 e. The lowest BCUT2D eigenvalue weighted by Crippen LogP contribution is -2.26. The molecule has 0 unspecified atom stereocenters. The van der Waals surface area contributed by atoms with Crippen LogP contribution in [0.5, 0.6) is 0 Å². The third kappa shape index (κ3) is 3.81. The molecule has 0 bridgehead atoms. The van der Waals surface area contributed by atoms with Crippen LogP contribution in [0.1, 0.15) is 36.5 Å². The van der Waals surface area contributed by atoms with E-state index in [1.165, 1.54) is 11.6 Å². The molecule has 26 heavy (non-hydrogen) atoms. The zero-order chi connectivity index (χ0) is 18.9. The maximum atomic E-state index is 12.6. The highest BCUT2D eigenvalue weighted by molar-refractivity contribution is 7.89. The quantitative estimate of drug-likeness (QED) is 0.818. The molecule has 2 N–H and O–H groups in total. The first-order valence-corrected chi connectivity index (χ1v) is 10.3. The van der Waals surface area contributed by atoms with Gasteiger partial charge < -0.3 is 5.32 Å². The molecule has 2 aromatic carbocycles. The van der Waals surface area contributed by atoms with Crippen LogP contribution < -0.4 is 10.0 Å². The van der Waals surface area contributed by atoms with Crippen molar-refractivity contribution < 1.29 is 13.2 Å². The van der Waals surface area contributed by atoms with Gasteiger partial charge in [0.25, 0.3) is 0 Å². The van der Waals surface area contributed by atoms with Crippen molar-refractivity contribution in [1.82, 2.24) is 4.72 Å². The molecular formula is C20H24N2O3S. The molecule has 0 aliphatic carbocycles. The number of sulfonamides is 1. The molecule has 1 aliphatic heterocycles. The summed E-state index contributed by atoms with van der Waals surface area (Å²) in [5.74, 6) is -0.284. The van der Waals surface area contributed by atoms with E-state index in [0.29, 0.717) is 18.7 Å². The maximum absolute atomic E-state index is 12.6. The highest BCUT2D eigenvalue weighted by atomic mass is 32.2. The summed E-state index contributed by atoms with van der Waals surface area (Å²) >= 11 is 0. The Labute approximate surface area is 154 Å². The van der Waals surface area contributed by atoms with Crippen LogP contribution in [0.2, 0.25) is 0 Å². The summed E-state index contributed by atoms with van der Waals surface area (Å²) in [6.07, 6.45) is 0.624. The molecule has 0 spiro atoms. The molecule has 1 aliphatic rings. The van der Waals surface area contributed by atoms with Crippen LogP contribution in [0.15, 0.2) is 47.4 Å². The zero-order valence-corrected chi connectivity index (χ0v) is 16.1. The summed E-state index contributed by atoms with van der Waals surface area (Å²) in [6.45, 7) is 6.26. The van der Waals surface area contributed by atoms with Crippen LogP contribution in [-0.2, 0) is 21.2 Å². The number of fused-ring (bicyclic) bond motifs is 1. The molecule has 5 nitrogen and oxygen atoms in total. The molecule has 6 heteroatoms. The summed E-state index contributed by atoms with van der Waals surface area (Å²) in [4.78, 5) is 12.3. The third-order valence-corrected chi connectivity index (χ3v) is 6.16. The van der Waals surface area contributed by atoms with E-state index in [1.54, 1.807) is 12.1 Å². The average Bonchev–Trinajstić information content (AvgIpc) is 2.91. The molecule has 0 radical (unpaired) electrons. The van der Waals surface area contributed by atoms with E-state index in [-0.39, 0.29) is 22.6 Å². The van der Waals surface area contributed by atoms with Gasteiger partial charge in [0.2, 0.25) is 15.9 Å². The van der Waals surface area contributed by atoms with Crippen molar-refractivity contribution in [3.05, 3.63) is 59.2 Å². The molecule has 138 valence electrons. The minimum atomic E-state index is -3.62. The summed E-state index contributed by atoms with van der Waals surface area (Å²) in [6, 6.07) is 12.9. The topological polar surface area (TPSA) is 75.3 Å². The van der Waals surface area contributed by atoms with Crippen LogP contribution in [0.3, 0.4) is 0 Å². The lowest BCUT2D eigenvalue weighted by atomic mass is 9.90. The van der Waals surface area contributed by atoms with Crippen molar-refractivity contribution in [1.29, 1.82) is 0 Å². The van der Waals surface area contributed by atoms with Crippen LogP contribution in [0.4, 0.5) is 5.69 Å². The molecule has 1 heterocycles. The van der Waals surface area contributed by atoms with E-state index in [9.17, 15) is 13.2 Å². The average molecular weight is 372 g/mol. The second-order valence-electron chi connectivity index (χ2n) is 7.09. The highest BCUT2D eigenvalue weighted by Gasteiger charge is 2.33. The Balaban J connectivity index is 1.74. The van der Waals surface area contributed by atoms with E-state index in [0.717, 1.165) is 11.1 Å². The third-order valence-electron chi connectivity index (χ3n) is 4.70. The number of amides is 1. The van der Waals surface area contributed by atoms with Gasteiger partial charge in [0.15, 0.2) is 0 Å². The molecule has 2 aromatic rings. The number of hydrogen-bond acceptors (Lipinski definition) is 3. The molecule has 1 atom stereocenters. The fourth-order valence-electron chi connectivity index (χ4n) is 3.26. The fourth-order valence-corrected chi connectivity index (χ4v) is 4.33. The van der Waals surface area contributed by atoms with Crippen molar-refractivity contribution >= 4 is 21.6 Å². The van der Waals surface area contributed by atoms with Gasteiger partial charge in [0, 0.05) is 12.2 Å². The fraction of sp³-hybridized carbons (Fsp3) is 0.350. The summed E-state index contributed by atoms with van der Waals surface area (Å²) < 4.78 is 27.9. The summed E-state index contributed by atoms with van der Waals surface area (Å²) in [5, 5.41) is 2.82. The molecular weight excluding hydrogens is 348 g/mol. The van der Waals surface area contributed by atoms with Crippen LogP contribution in [0.25, 0.3) is 0 Å². The predicted molar refractivity (Wildman–Crippen MR) is 103 cm³/mol. The van der Waals surface area contributed by atoms with E-state index in [4.69, 9.17) is 0 Å². The first-order valence-electron chi connectivity index (χ1n) is 8.78. The van der Waals surface area contributed by atoms with Crippen molar-refractivity contribution in [3.63, 3.8) is 0 Å². The molecule has 0 fully saturated rings. The van der Waals surface area contributed by atoms with E-state index in [2.05, 4.69) is 10.0 Å². The minimum Gasteiger partial charge on any atom is -0.325 e. The van der Waals surface area contributed by atoms with Crippen molar-refractivity contribution in [3.8, 4) is 0 Å². The van der Waals surface area contributed by atoms with Gasteiger partial charge in [0.1, 0.15) is 0 Å². The Morgan fingerprint density at radius 1 is 1.12 bits per heavy atom. The highest BCUT2D eigenvalue weighted by Crippen LogP contribution is 2.38. The lowest BCUT2D eigenvalue weighted by molar-refractivity contribution is -0.117. The largest absolute Gasteiger partial charge is 0.325 e. The summed E-state index contributed by atoms with van der Waals surface area (Å²) in [5.41, 5.74) is 3.72. The first kappa shape index (κ1) is 18.6. The van der Waals surface area contributed by atoms with Crippen LogP contribution in [0, 0.1) is 12.8 Å². The van der Waals surface area contributed by atoms with Crippen LogP contribution >= 0.6 is 0 Å². The predicted octanol–water partition coefficient (Wildman–Crippen LogP) is 3.21. The van der Waals surface area contributed by atoms with Gasteiger partial charge in [-0.2, -0.15) is 0 Å². The van der Waals surface area contributed by atoms with Crippen molar-refractivity contribution in [2.24, 2.45) is 5.92 Å². The second-order valence-corrected chi connectivity index (χ2v) is 8.86. The molecule has 0 saturated carbocycles. The van der Waals surface area contributed by atoms with E-state index >= 15 is 0 Å². The molecule has 1 amide bonds. The Morgan fingerprint density at radius 3 is 2.46 bits per heavy atom. The number of benzene rings is 2. The van der Waals surface area contributed by atoms with E-state index < -0.39 is 10.0 Å². The SMILES string of the molecule is Cc1ccc(CCNS(=O)(=O)c2ccc3c(c2)[C@@H](C(C)C)C(=O)N3)cc1. The van der Waals surface area contributed by atoms with E-state index in [1.807, 2.05) is 45.0 Å². The van der Waals surface area contributed by atoms with Gasteiger partial charge in [-0.15, -0.1) is 0 Å². The Hall–Kier alpha value is -2.18. The second kappa shape index (κ2) is 7.21. The number of carbonyl (C=O) groups is 1. The first-order chi connectivity index (χ1) is 12.3. The number of anilines is 1. The Kier molecular flexibility index (Phi) is 5.16. The van der Waals surface area contributed by atoms with Gasteiger partial charge >= 0.3 is 0 Å². The van der Waals surface area contributed by atoms with Gasteiger partial charge in [-0.1, -0.05) is 43.7 Å². The monoisotopic (exact) mass is 372 g/mol. The van der Waals surface area contributed by atoms with Gasteiger partial charge in [-0.3, -0.25) is 4.79 Å². The lowest BCUT2D eigenvalue weighted by Gasteiger charge is -2.14. The van der Waals surface area contributed by atoms with Crippen molar-refractivity contribution in [2.45, 2.75) is 38.0 Å². The Bertz CT molecular complexity index is 919. The standard InChI is InChI=1S/C20H24N2O3S/c1-13(2)19-17-12-16(8-9-18(17)22-20(19)23)26(24,25)21-11-10-15-6-4-14(3)5-7-15/h4-9,12-13,19,21H,10-11H2,1-3H3,(H,22,23)/t19-/m1/s1. The summed E-state index contributed by atoms with van der Waals surface area (Å²) in [7, 11) is -3.62. The van der Waals surface area contributed by atoms with Crippen LogP contribution in [-0.4, -0.2) is 20.9 Å². The zero-order valence-electron chi connectivity index (χ0n) is 15.2. The smallest absolute Gasteiger partial charge is 0.240 e. The number of carbonyl (C=O) groups excluding carboxylic acids is 1. The van der Waals surface area contributed by atoms with Gasteiger partial charge in [0.05, 0.1) is 10.8 Å². The molecule has 0 saturated heterocycles. The van der Waals surface area contributed by atoms with Crippen molar-refractivity contribution in [2.75, 3.05) is 11.9 Å². The number of hydrogen-bond donors (Lipinski definition) is 2. The number of rotatable bonds is 6. The minimum absolute atomic E-state index is 0.0723. The number of nitrogens with one attached hydrogen (secondary N) is 2. The molecule has 3 rings (SSSR count). The Morgan fingerprint density at radius 2 is 1.81 bits per heavy atom. The van der Waals surface area contributed by atoms with Gasteiger partial charge in [-0.05, 0) is 48.6 Å².